The lowest BCUT2D eigenvalue weighted by molar-refractivity contribution is 0.00721. The summed E-state index contributed by atoms with van der Waals surface area (Å²) in [5, 5.41) is 5.16. The first-order valence-electron chi connectivity index (χ1n) is 9.80. The molecule has 2 aromatic rings. The van der Waals surface area contributed by atoms with Gasteiger partial charge in [-0.3, -0.25) is 4.79 Å². The summed E-state index contributed by atoms with van der Waals surface area (Å²) in [5.41, 5.74) is 5.21. The molecule has 0 aromatic heterocycles. The van der Waals surface area contributed by atoms with Crippen molar-refractivity contribution in [3.05, 3.63) is 71.8 Å². The smallest absolute Gasteiger partial charge is 0.251 e. The Morgan fingerprint density at radius 1 is 1.04 bits per heavy atom. The van der Waals surface area contributed by atoms with Crippen molar-refractivity contribution < 1.29 is 9.53 Å². The van der Waals surface area contributed by atoms with Gasteiger partial charge >= 0.3 is 0 Å². The molecule has 2 aromatic carbocycles. The summed E-state index contributed by atoms with van der Waals surface area (Å²) in [5.74, 6) is 6.57. The molecule has 5 heteroatoms. The average molecular weight is 377 g/mol. The maximum Gasteiger partial charge on any atom is 0.251 e. The molecule has 1 aliphatic heterocycles. The molecule has 0 unspecified atom stereocenters. The van der Waals surface area contributed by atoms with Gasteiger partial charge in [0, 0.05) is 30.8 Å². The van der Waals surface area contributed by atoms with E-state index in [2.05, 4.69) is 27.6 Å². The van der Waals surface area contributed by atoms with Gasteiger partial charge in [0.25, 0.3) is 5.91 Å². The van der Waals surface area contributed by atoms with Crippen LogP contribution < -0.4 is 10.7 Å². The fourth-order valence-corrected chi connectivity index (χ4v) is 2.97. The predicted molar refractivity (Wildman–Crippen MR) is 111 cm³/mol. The number of carbonyl (C=O) groups excluding carboxylic acids is 1. The lowest BCUT2D eigenvalue weighted by Gasteiger charge is -2.29. The second-order valence-corrected chi connectivity index (χ2v) is 6.68. The minimum Gasteiger partial charge on any atom is -0.379 e. The highest BCUT2D eigenvalue weighted by molar-refractivity contribution is 5.94. The summed E-state index contributed by atoms with van der Waals surface area (Å²) in [4.78, 5) is 12.1. The van der Waals surface area contributed by atoms with E-state index in [1.807, 2.05) is 60.7 Å². The maximum absolute atomic E-state index is 12.1. The van der Waals surface area contributed by atoms with Crippen molar-refractivity contribution in [1.82, 2.24) is 15.8 Å². The fraction of sp³-hybridized carbons (Fsp3) is 0.348. The first-order chi connectivity index (χ1) is 13.8. The molecular formula is C23H27N3O2. The Bertz CT molecular complexity index is 778. The van der Waals surface area contributed by atoms with Gasteiger partial charge in [-0.1, -0.05) is 48.2 Å². The molecule has 1 atom stereocenters. The van der Waals surface area contributed by atoms with Crippen LogP contribution in [-0.4, -0.2) is 49.8 Å². The first kappa shape index (κ1) is 20.1. The van der Waals surface area contributed by atoms with E-state index in [0.717, 1.165) is 44.7 Å². The van der Waals surface area contributed by atoms with Gasteiger partial charge in [0.2, 0.25) is 0 Å². The fourth-order valence-electron chi connectivity index (χ4n) is 2.97. The van der Waals surface area contributed by atoms with Gasteiger partial charge in [-0.25, -0.2) is 10.4 Å². The molecule has 1 saturated heterocycles. The Balaban J connectivity index is 1.51. The van der Waals surface area contributed by atoms with Crippen LogP contribution in [-0.2, 0) is 4.74 Å². The molecule has 2 N–H and O–H groups in total. The number of nitrogens with one attached hydrogen (secondary N) is 2. The van der Waals surface area contributed by atoms with Crippen LogP contribution in [0.2, 0.25) is 0 Å². The van der Waals surface area contributed by atoms with Gasteiger partial charge in [0.1, 0.15) is 0 Å². The van der Waals surface area contributed by atoms with Gasteiger partial charge in [0.05, 0.1) is 19.3 Å². The van der Waals surface area contributed by atoms with Crippen molar-refractivity contribution in [2.45, 2.75) is 18.9 Å². The van der Waals surface area contributed by atoms with Crippen LogP contribution in [0.3, 0.4) is 0 Å². The van der Waals surface area contributed by atoms with Crippen LogP contribution in [0.4, 0.5) is 0 Å². The first-order valence-corrected chi connectivity index (χ1v) is 9.80. The Morgan fingerprint density at radius 3 is 2.43 bits per heavy atom. The number of hydrazine groups is 1. The summed E-state index contributed by atoms with van der Waals surface area (Å²) < 4.78 is 5.41. The van der Waals surface area contributed by atoms with E-state index < -0.39 is 0 Å². The standard InChI is InChI=1S/C23H27N3O2/c27-23(21-10-5-2-6-11-21)24-15-7-12-22(25-26-16-18-28-19-17-26)14-13-20-8-3-1-4-9-20/h1-6,8-11,22,25H,7,12,15-19H2,(H,24,27)/t22-/m1/s1. The highest BCUT2D eigenvalue weighted by atomic mass is 16.5. The molecule has 1 amide bonds. The summed E-state index contributed by atoms with van der Waals surface area (Å²) in [6.07, 6.45) is 1.70. The second-order valence-electron chi connectivity index (χ2n) is 6.68. The lowest BCUT2D eigenvalue weighted by Crippen LogP contribution is -2.49. The van der Waals surface area contributed by atoms with E-state index in [9.17, 15) is 4.79 Å². The minimum atomic E-state index is -0.0336. The number of ether oxygens (including phenoxy) is 1. The molecule has 0 saturated carbocycles. The minimum absolute atomic E-state index is 0.0336. The van der Waals surface area contributed by atoms with Crippen molar-refractivity contribution in [3.8, 4) is 11.8 Å². The van der Waals surface area contributed by atoms with Gasteiger partial charge in [-0.2, -0.15) is 0 Å². The molecular weight excluding hydrogens is 350 g/mol. The predicted octanol–water partition coefficient (Wildman–Crippen LogP) is 2.45. The second kappa shape index (κ2) is 11.3. The Hall–Kier alpha value is -2.65. The third kappa shape index (κ3) is 6.82. The third-order valence-corrected chi connectivity index (χ3v) is 4.51. The van der Waals surface area contributed by atoms with Crippen molar-refractivity contribution in [2.75, 3.05) is 32.8 Å². The number of nitrogens with zero attached hydrogens (tertiary/aromatic N) is 1. The molecule has 0 spiro atoms. The zero-order valence-corrected chi connectivity index (χ0v) is 16.1. The molecule has 1 heterocycles. The normalized spacial score (nSPS) is 15.3. The van der Waals surface area contributed by atoms with Crippen LogP contribution in [0.25, 0.3) is 0 Å². The van der Waals surface area contributed by atoms with Gasteiger partial charge in [-0.05, 0) is 37.1 Å². The third-order valence-electron chi connectivity index (χ3n) is 4.51. The van der Waals surface area contributed by atoms with Crippen LogP contribution >= 0.6 is 0 Å². The SMILES string of the molecule is O=C(NCCC[C@H](C#Cc1ccccc1)NN1CCOCC1)c1ccccc1. The molecule has 146 valence electrons. The van der Waals surface area contributed by atoms with E-state index in [1.165, 1.54) is 0 Å². The van der Waals surface area contributed by atoms with Crippen molar-refractivity contribution in [2.24, 2.45) is 0 Å². The molecule has 3 rings (SSSR count). The Morgan fingerprint density at radius 2 is 1.71 bits per heavy atom. The number of rotatable bonds is 7. The number of morpholine rings is 1. The molecule has 0 radical (unpaired) electrons. The van der Waals surface area contributed by atoms with Crippen molar-refractivity contribution in [1.29, 1.82) is 0 Å². The molecule has 1 aliphatic rings. The highest BCUT2D eigenvalue weighted by Crippen LogP contribution is 2.03. The van der Waals surface area contributed by atoms with Crippen LogP contribution in [0, 0.1) is 11.8 Å². The highest BCUT2D eigenvalue weighted by Gasteiger charge is 2.14. The summed E-state index contributed by atoms with van der Waals surface area (Å²) in [7, 11) is 0. The van der Waals surface area contributed by atoms with E-state index in [1.54, 1.807) is 0 Å². The lowest BCUT2D eigenvalue weighted by atomic mass is 10.1. The summed E-state index contributed by atoms with van der Waals surface area (Å²) >= 11 is 0. The number of amides is 1. The number of hydrogen-bond acceptors (Lipinski definition) is 4. The Kier molecular flexibility index (Phi) is 8.07. The quantitative estimate of drug-likeness (QED) is 0.575. The number of hydrogen-bond donors (Lipinski definition) is 2. The summed E-state index contributed by atoms with van der Waals surface area (Å²) in [6.45, 7) is 3.81. The topological polar surface area (TPSA) is 53.6 Å². The summed E-state index contributed by atoms with van der Waals surface area (Å²) in [6, 6.07) is 19.3. The van der Waals surface area contributed by atoms with Crippen molar-refractivity contribution in [3.63, 3.8) is 0 Å². The number of benzene rings is 2. The molecule has 5 nitrogen and oxygen atoms in total. The van der Waals surface area contributed by atoms with Crippen LogP contribution in [0.1, 0.15) is 28.8 Å². The van der Waals surface area contributed by atoms with Gasteiger partial charge in [0.15, 0.2) is 0 Å². The average Bonchev–Trinajstić information content (AvgIpc) is 2.76. The van der Waals surface area contributed by atoms with Crippen LogP contribution in [0.5, 0.6) is 0 Å². The van der Waals surface area contributed by atoms with E-state index >= 15 is 0 Å². The van der Waals surface area contributed by atoms with Crippen molar-refractivity contribution >= 4 is 5.91 Å². The number of carbonyl (C=O) groups is 1. The van der Waals surface area contributed by atoms with E-state index in [0.29, 0.717) is 12.1 Å². The van der Waals surface area contributed by atoms with E-state index in [-0.39, 0.29) is 11.9 Å². The zero-order valence-electron chi connectivity index (χ0n) is 16.1. The zero-order chi connectivity index (χ0) is 19.4. The monoisotopic (exact) mass is 377 g/mol. The van der Waals surface area contributed by atoms with E-state index in [4.69, 9.17) is 4.74 Å². The Labute approximate surface area is 167 Å². The molecule has 0 aliphatic carbocycles. The molecule has 1 fully saturated rings. The van der Waals surface area contributed by atoms with Gasteiger partial charge in [-0.15, -0.1) is 0 Å². The van der Waals surface area contributed by atoms with Gasteiger partial charge < -0.3 is 10.1 Å². The van der Waals surface area contributed by atoms with Crippen LogP contribution in [0.15, 0.2) is 60.7 Å². The largest absolute Gasteiger partial charge is 0.379 e. The molecule has 0 bridgehead atoms. The molecule has 28 heavy (non-hydrogen) atoms. The maximum atomic E-state index is 12.1.